The quantitative estimate of drug-likeness (QED) is 0.861. The van der Waals surface area contributed by atoms with Gasteiger partial charge in [0.15, 0.2) is 0 Å². The summed E-state index contributed by atoms with van der Waals surface area (Å²) in [6, 6.07) is 0. The third-order valence-corrected chi connectivity index (χ3v) is 3.26. The van der Waals surface area contributed by atoms with E-state index in [0.717, 1.165) is 25.3 Å². The van der Waals surface area contributed by atoms with Crippen molar-refractivity contribution < 1.29 is 4.79 Å². The molecule has 5 heteroatoms. The molecule has 0 bridgehead atoms. The molecule has 2 rings (SSSR count). The van der Waals surface area contributed by atoms with Crippen molar-refractivity contribution in [3.8, 4) is 0 Å². The molecule has 1 amide bonds. The highest BCUT2D eigenvalue weighted by Gasteiger charge is 2.13. The summed E-state index contributed by atoms with van der Waals surface area (Å²) in [4.78, 5) is 22.6. The van der Waals surface area contributed by atoms with E-state index in [1.54, 1.807) is 6.20 Å². The first-order chi connectivity index (χ1) is 8.66. The van der Waals surface area contributed by atoms with E-state index in [1.165, 1.54) is 12.8 Å². The van der Waals surface area contributed by atoms with Crippen molar-refractivity contribution in [2.45, 2.75) is 26.7 Å². The Morgan fingerprint density at radius 3 is 2.78 bits per heavy atom. The molecule has 0 spiro atoms. The van der Waals surface area contributed by atoms with Gasteiger partial charge in [0.2, 0.25) is 0 Å². The molecule has 2 heterocycles. The van der Waals surface area contributed by atoms with Crippen LogP contribution < -0.4 is 5.32 Å². The molecule has 1 aromatic rings. The van der Waals surface area contributed by atoms with Gasteiger partial charge in [-0.3, -0.25) is 4.79 Å². The Balaban J connectivity index is 1.83. The summed E-state index contributed by atoms with van der Waals surface area (Å²) in [5, 5.41) is 2.93. The number of nitrogens with zero attached hydrogens (tertiary/aromatic N) is 3. The molecule has 0 aromatic carbocycles. The van der Waals surface area contributed by atoms with Crippen LogP contribution in [-0.4, -0.2) is 47.0 Å². The summed E-state index contributed by atoms with van der Waals surface area (Å²) in [5.74, 6) is 0.618. The topological polar surface area (TPSA) is 58.1 Å². The fraction of sp³-hybridized carbons (Fsp3) is 0.615. The van der Waals surface area contributed by atoms with Crippen molar-refractivity contribution in [2.24, 2.45) is 0 Å². The average molecular weight is 248 g/mol. The number of carbonyl (C=O) groups excluding carboxylic acids is 1. The van der Waals surface area contributed by atoms with Gasteiger partial charge in [0.05, 0.1) is 11.3 Å². The van der Waals surface area contributed by atoms with Crippen molar-refractivity contribution >= 4 is 5.91 Å². The molecule has 0 atom stereocenters. The van der Waals surface area contributed by atoms with Crippen LogP contribution in [0.25, 0.3) is 0 Å². The third-order valence-electron chi connectivity index (χ3n) is 3.26. The number of hydrogen-bond acceptors (Lipinski definition) is 4. The second-order valence-corrected chi connectivity index (χ2v) is 4.72. The monoisotopic (exact) mass is 248 g/mol. The van der Waals surface area contributed by atoms with Crippen LogP contribution >= 0.6 is 0 Å². The molecule has 1 fully saturated rings. The number of aromatic nitrogens is 2. The highest BCUT2D eigenvalue weighted by atomic mass is 16.1. The van der Waals surface area contributed by atoms with Crippen molar-refractivity contribution in [3.63, 3.8) is 0 Å². The van der Waals surface area contributed by atoms with Gasteiger partial charge in [-0.1, -0.05) is 0 Å². The molecule has 1 N–H and O–H groups in total. The number of amides is 1. The molecule has 1 aliphatic rings. The van der Waals surface area contributed by atoms with Gasteiger partial charge < -0.3 is 10.2 Å². The predicted octanol–water partition coefficient (Wildman–Crippen LogP) is 0.919. The molecule has 1 saturated heterocycles. The number of aryl methyl sites for hydroxylation is 2. The SMILES string of the molecule is Cc1ncc(C(=O)NCCN2CCCC2)c(C)n1. The van der Waals surface area contributed by atoms with E-state index >= 15 is 0 Å². The molecular weight excluding hydrogens is 228 g/mol. The molecule has 18 heavy (non-hydrogen) atoms. The first-order valence-corrected chi connectivity index (χ1v) is 6.47. The molecule has 0 aliphatic carbocycles. The maximum atomic E-state index is 11.9. The number of carbonyl (C=O) groups is 1. The van der Waals surface area contributed by atoms with Crippen molar-refractivity contribution in [2.75, 3.05) is 26.2 Å². The summed E-state index contributed by atoms with van der Waals surface area (Å²) in [5.41, 5.74) is 1.31. The lowest BCUT2D eigenvalue weighted by Gasteiger charge is -2.14. The van der Waals surface area contributed by atoms with Crippen molar-refractivity contribution in [3.05, 3.63) is 23.3 Å². The lowest BCUT2D eigenvalue weighted by atomic mass is 10.2. The first-order valence-electron chi connectivity index (χ1n) is 6.47. The number of rotatable bonds is 4. The summed E-state index contributed by atoms with van der Waals surface area (Å²) in [7, 11) is 0. The minimum Gasteiger partial charge on any atom is -0.351 e. The van der Waals surface area contributed by atoms with Crippen molar-refractivity contribution in [1.29, 1.82) is 0 Å². The molecule has 5 nitrogen and oxygen atoms in total. The second kappa shape index (κ2) is 5.91. The molecule has 0 saturated carbocycles. The molecule has 1 aliphatic heterocycles. The second-order valence-electron chi connectivity index (χ2n) is 4.72. The summed E-state index contributed by atoms with van der Waals surface area (Å²) >= 11 is 0. The minimum absolute atomic E-state index is 0.0771. The Labute approximate surface area is 108 Å². The highest BCUT2D eigenvalue weighted by Crippen LogP contribution is 2.06. The van der Waals surface area contributed by atoms with Gasteiger partial charge in [-0.15, -0.1) is 0 Å². The zero-order valence-corrected chi connectivity index (χ0v) is 11.1. The number of hydrogen-bond donors (Lipinski definition) is 1. The number of nitrogens with one attached hydrogen (secondary N) is 1. The van der Waals surface area contributed by atoms with Gasteiger partial charge in [-0.05, 0) is 39.8 Å². The van der Waals surface area contributed by atoms with Crippen LogP contribution in [0.4, 0.5) is 0 Å². The van der Waals surface area contributed by atoms with Gasteiger partial charge >= 0.3 is 0 Å². The standard InChI is InChI=1S/C13H20N4O/c1-10-12(9-15-11(2)16-10)13(18)14-5-8-17-6-3-4-7-17/h9H,3-8H2,1-2H3,(H,14,18). The van der Waals surface area contributed by atoms with Crippen LogP contribution in [0.15, 0.2) is 6.20 Å². The van der Waals surface area contributed by atoms with Crippen molar-refractivity contribution in [1.82, 2.24) is 20.2 Å². The van der Waals surface area contributed by atoms with Crippen LogP contribution in [0.3, 0.4) is 0 Å². The van der Waals surface area contributed by atoms with Gasteiger partial charge in [-0.2, -0.15) is 0 Å². The Kier molecular flexibility index (Phi) is 4.25. The van der Waals surface area contributed by atoms with Crippen LogP contribution in [0.5, 0.6) is 0 Å². The van der Waals surface area contributed by atoms with Gasteiger partial charge in [-0.25, -0.2) is 9.97 Å². The summed E-state index contributed by atoms with van der Waals surface area (Å²) in [6.45, 7) is 7.58. The molecule has 0 radical (unpaired) electrons. The van der Waals surface area contributed by atoms with Crippen LogP contribution in [0, 0.1) is 13.8 Å². The van der Waals surface area contributed by atoms with E-state index in [0.29, 0.717) is 17.9 Å². The zero-order chi connectivity index (χ0) is 13.0. The third kappa shape index (κ3) is 3.26. The maximum Gasteiger partial charge on any atom is 0.254 e. The molecule has 0 unspecified atom stereocenters. The van der Waals surface area contributed by atoms with Crippen LogP contribution in [0.1, 0.15) is 34.7 Å². The van der Waals surface area contributed by atoms with E-state index in [4.69, 9.17) is 0 Å². The van der Waals surface area contributed by atoms with E-state index in [9.17, 15) is 4.79 Å². The number of likely N-dealkylation sites (tertiary alicyclic amines) is 1. The Bertz CT molecular complexity index is 427. The van der Waals surface area contributed by atoms with Gasteiger partial charge in [0, 0.05) is 19.3 Å². The van der Waals surface area contributed by atoms with E-state index in [-0.39, 0.29) is 5.91 Å². The first kappa shape index (κ1) is 13.0. The largest absolute Gasteiger partial charge is 0.351 e. The lowest BCUT2D eigenvalue weighted by molar-refractivity contribution is 0.0948. The smallest absolute Gasteiger partial charge is 0.254 e. The van der Waals surface area contributed by atoms with Gasteiger partial charge in [0.25, 0.3) is 5.91 Å². The van der Waals surface area contributed by atoms with E-state index < -0.39 is 0 Å². The molecule has 98 valence electrons. The summed E-state index contributed by atoms with van der Waals surface area (Å²) in [6.07, 6.45) is 4.15. The zero-order valence-electron chi connectivity index (χ0n) is 11.1. The van der Waals surface area contributed by atoms with Gasteiger partial charge in [0.1, 0.15) is 5.82 Å². The normalized spacial score (nSPS) is 15.9. The summed E-state index contributed by atoms with van der Waals surface area (Å²) < 4.78 is 0. The predicted molar refractivity (Wildman–Crippen MR) is 69.5 cm³/mol. The average Bonchev–Trinajstić information content (AvgIpc) is 2.81. The Hall–Kier alpha value is -1.49. The fourth-order valence-electron chi connectivity index (χ4n) is 2.24. The lowest BCUT2D eigenvalue weighted by Crippen LogP contribution is -2.34. The molecule has 1 aromatic heterocycles. The van der Waals surface area contributed by atoms with Crippen LogP contribution in [0.2, 0.25) is 0 Å². The molecular formula is C13H20N4O. The fourth-order valence-corrected chi connectivity index (χ4v) is 2.24. The van der Waals surface area contributed by atoms with E-state index in [2.05, 4.69) is 20.2 Å². The van der Waals surface area contributed by atoms with Crippen LogP contribution in [-0.2, 0) is 0 Å². The minimum atomic E-state index is -0.0771. The highest BCUT2D eigenvalue weighted by molar-refractivity contribution is 5.94. The Morgan fingerprint density at radius 1 is 1.39 bits per heavy atom. The van der Waals surface area contributed by atoms with E-state index in [1.807, 2.05) is 13.8 Å². The maximum absolute atomic E-state index is 11.9. The Morgan fingerprint density at radius 2 is 2.11 bits per heavy atom.